The number of rotatable bonds is 5. The molecule has 1 aromatic rings. The first-order chi connectivity index (χ1) is 18.2. The molecule has 0 aromatic heterocycles. The number of carbonyl (C=O) groups excluding carboxylic acids is 2. The SMILES string of the molecule is O=C(OCc1ccc(OCC(F)(F)F)cc1F)N1CC[C@@H]2CN(C(=O)C3CCC4NNNC4C3)C[C@@H]2CC1. The Labute approximate surface area is 218 Å². The minimum atomic E-state index is -4.52. The molecule has 38 heavy (non-hydrogen) atoms. The molecule has 1 aromatic carbocycles. The summed E-state index contributed by atoms with van der Waals surface area (Å²) in [6.07, 6.45) is -0.907. The lowest BCUT2D eigenvalue weighted by Gasteiger charge is -2.32. The molecular formula is C25H33F4N5O4. The number of nitrogens with zero attached hydrogens (tertiary/aromatic N) is 2. The predicted molar refractivity (Wildman–Crippen MR) is 127 cm³/mol. The summed E-state index contributed by atoms with van der Waals surface area (Å²) in [5, 5.41) is 0. The van der Waals surface area contributed by atoms with Gasteiger partial charge in [0.1, 0.15) is 18.2 Å². The molecule has 5 rings (SSSR count). The molecule has 1 aliphatic carbocycles. The van der Waals surface area contributed by atoms with Gasteiger partial charge in [-0.1, -0.05) is 0 Å². The molecule has 3 heterocycles. The van der Waals surface area contributed by atoms with Gasteiger partial charge in [-0.2, -0.15) is 18.7 Å². The minimum absolute atomic E-state index is 0.0323. The van der Waals surface area contributed by atoms with E-state index >= 15 is 0 Å². The number of ether oxygens (including phenoxy) is 2. The highest BCUT2D eigenvalue weighted by molar-refractivity contribution is 5.79. The van der Waals surface area contributed by atoms with Gasteiger partial charge in [0.05, 0.1) is 0 Å². The van der Waals surface area contributed by atoms with E-state index in [0.717, 1.165) is 38.2 Å². The van der Waals surface area contributed by atoms with Gasteiger partial charge in [-0.25, -0.2) is 20.0 Å². The van der Waals surface area contributed by atoms with Crippen LogP contribution in [-0.2, 0) is 16.1 Å². The standard InChI is InChI=1S/C25H33F4N5O4/c26-20-10-19(38-14-25(27,28)29)3-1-18(20)13-37-24(36)33-7-5-16-11-34(12-17(16)6-8-33)23(35)15-2-4-21-22(9-15)31-32-30-21/h1,3,10,15-17,21-22,30-32H,2,4-9,11-14H2/t15?,16-,17+,21?,22?. The van der Waals surface area contributed by atoms with E-state index < -0.39 is 24.7 Å². The third-order valence-electron chi connectivity index (χ3n) is 8.18. The van der Waals surface area contributed by atoms with Gasteiger partial charge in [-0.3, -0.25) is 4.79 Å². The van der Waals surface area contributed by atoms with Crippen LogP contribution in [0, 0.1) is 23.6 Å². The Kier molecular flexibility index (Phi) is 7.96. The second-order valence-corrected chi connectivity index (χ2v) is 10.7. The number of amides is 2. The number of hydrazine groups is 2. The summed E-state index contributed by atoms with van der Waals surface area (Å²) >= 11 is 0. The fourth-order valence-electron chi connectivity index (χ4n) is 6.05. The van der Waals surface area contributed by atoms with Gasteiger partial charge in [0, 0.05) is 55.8 Å². The third kappa shape index (κ3) is 6.32. The first-order valence-corrected chi connectivity index (χ1v) is 13.1. The average Bonchev–Trinajstić information content (AvgIpc) is 3.47. The van der Waals surface area contributed by atoms with Crippen molar-refractivity contribution in [2.45, 2.75) is 57.0 Å². The Morgan fingerprint density at radius 3 is 2.37 bits per heavy atom. The van der Waals surface area contributed by atoms with Crippen LogP contribution in [-0.4, -0.2) is 72.8 Å². The monoisotopic (exact) mass is 543 g/mol. The van der Waals surface area contributed by atoms with Crippen molar-refractivity contribution in [2.75, 3.05) is 32.8 Å². The summed E-state index contributed by atoms with van der Waals surface area (Å²) in [5.41, 5.74) is 9.40. The van der Waals surface area contributed by atoms with E-state index in [1.165, 1.54) is 12.1 Å². The van der Waals surface area contributed by atoms with Gasteiger partial charge in [-0.05, 0) is 56.1 Å². The summed E-state index contributed by atoms with van der Waals surface area (Å²) < 4.78 is 60.9. The molecule has 210 valence electrons. The third-order valence-corrected chi connectivity index (χ3v) is 8.18. The van der Waals surface area contributed by atoms with Crippen LogP contribution >= 0.6 is 0 Å². The Hall–Kier alpha value is -2.64. The minimum Gasteiger partial charge on any atom is -0.484 e. The molecule has 9 nitrogen and oxygen atoms in total. The maximum absolute atomic E-state index is 14.3. The highest BCUT2D eigenvalue weighted by Gasteiger charge is 2.42. The molecule has 3 unspecified atom stereocenters. The van der Waals surface area contributed by atoms with E-state index in [1.54, 1.807) is 4.90 Å². The molecule has 0 spiro atoms. The maximum Gasteiger partial charge on any atom is 0.422 e. The maximum atomic E-state index is 14.3. The van der Waals surface area contributed by atoms with Crippen molar-refractivity contribution < 1.29 is 36.6 Å². The highest BCUT2D eigenvalue weighted by atomic mass is 19.4. The normalized spacial score (nSPS) is 29.4. The summed E-state index contributed by atoms with van der Waals surface area (Å²) in [5.74, 6) is -0.149. The number of halogens is 4. The molecule has 2 amide bonds. The molecule has 13 heteroatoms. The first-order valence-electron chi connectivity index (χ1n) is 13.1. The summed E-state index contributed by atoms with van der Waals surface area (Å²) in [7, 11) is 0. The predicted octanol–water partition coefficient (Wildman–Crippen LogP) is 2.72. The van der Waals surface area contributed by atoms with Gasteiger partial charge in [0.2, 0.25) is 5.91 Å². The zero-order valence-electron chi connectivity index (χ0n) is 20.9. The lowest BCUT2D eigenvalue weighted by atomic mass is 9.82. The van der Waals surface area contributed by atoms with E-state index in [1.807, 2.05) is 4.90 Å². The lowest BCUT2D eigenvalue weighted by Crippen LogP contribution is -2.45. The van der Waals surface area contributed by atoms with Crippen LogP contribution in [0.2, 0.25) is 0 Å². The van der Waals surface area contributed by atoms with Crippen LogP contribution in [0.3, 0.4) is 0 Å². The molecule has 3 aliphatic heterocycles. The van der Waals surface area contributed by atoms with Gasteiger partial charge < -0.3 is 19.3 Å². The number of alkyl halides is 3. The first kappa shape index (κ1) is 26.9. The summed E-state index contributed by atoms with van der Waals surface area (Å²) in [6, 6.07) is 3.93. The summed E-state index contributed by atoms with van der Waals surface area (Å²) in [6.45, 7) is 0.535. The molecule has 3 saturated heterocycles. The van der Waals surface area contributed by atoms with Crippen molar-refractivity contribution in [3.63, 3.8) is 0 Å². The molecule has 3 N–H and O–H groups in total. The Bertz CT molecular complexity index is 1010. The quantitative estimate of drug-likeness (QED) is 0.492. The van der Waals surface area contributed by atoms with Crippen LogP contribution in [0.5, 0.6) is 5.75 Å². The Morgan fingerprint density at radius 1 is 0.974 bits per heavy atom. The average molecular weight is 544 g/mol. The van der Waals surface area contributed by atoms with Crippen LogP contribution in [0.1, 0.15) is 37.7 Å². The van der Waals surface area contributed by atoms with Crippen LogP contribution in [0.4, 0.5) is 22.4 Å². The highest BCUT2D eigenvalue weighted by Crippen LogP contribution is 2.35. The molecule has 4 fully saturated rings. The van der Waals surface area contributed by atoms with Crippen molar-refractivity contribution in [2.24, 2.45) is 17.8 Å². The van der Waals surface area contributed by atoms with Crippen molar-refractivity contribution in [1.29, 1.82) is 0 Å². The molecular weight excluding hydrogens is 510 g/mol. The number of nitrogens with one attached hydrogen (secondary N) is 3. The molecule has 0 bridgehead atoms. The second-order valence-electron chi connectivity index (χ2n) is 10.7. The largest absolute Gasteiger partial charge is 0.484 e. The van der Waals surface area contributed by atoms with Crippen molar-refractivity contribution in [3.8, 4) is 5.75 Å². The van der Waals surface area contributed by atoms with Crippen LogP contribution in [0.25, 0.3) is 0 Å². The van der Waals surface area contributed by atoms with Gasteiger partial charge in [0.25, 0.3) is 0 Å². The number of fused-ring (bicyclic) bond motifs is 2. The molecule has 5 atom stereocenters. The smallest absolute Gasteiger partial charge is 0.422 e. The van der Waals surface area contributed by atoms with Crippen molar-refractivity contribution in [1.82, 2.24) is 26.2 Å². The van der Waals surface area contributed by atoms with Crippen molar-refractivity contribution in [3.05, 3.63) is 29.6 Å². The van der Waals surface area contributed by atoms with E-state index in [4.69, 9.17) is 4.74 Å². The van der Waals surface area contributed by atoms with E-state index in [-0.39, 0.29) is 35.8 Å². The number of benzene rings is 1. The van der Waals surface area contributed by atoms with E-state index in [2.05, 4.69) is 21.1 Å². The zero-order chi connectivity index (χ0) is 26.9. The number of hydrogen-bond acceptors (Lipinski definition) is 7. The molecule has 1 saturated carbocycles. The second kappa shape index (κ2) is 11.2. The number of likely N-dealkylation sites (tertiary alicyclic amines) is 2. The Morgan fingerprint density at radius 2 is 1.68 bits per heavy atom. The van der Waals surface area contributed by atoms with Gasteiger partial charge in [-0.15, -0.1) is 0 Å². The molecule has 0 radical (unpaired) electrons. The topological polar surface area (TPSA) is 95.2 Å². The van der Waals surface area contributed by atoms with Crippen LogP contribution < -0.4 is 21.1 Å². The van der Waals surface area contributed by atoms with Gasteiger partial charge >= 0.3 is 12.3 Å². The Balaban J connectivity index is 1.07. The van der Waals surface area contributed by atoms with E-state index in [0.29, 0.717) is 44.1 Å². The number of carbonyl (C=O) groups is 2. The fraction of sp³-hybridized carbons (Fsp3) is 0.680. The number of hydrogen-bond donors (Lipinski definition) is 3. The van der Waals surface area contributed by atoms with Gasteiger partial charge in [0.15, 0.2) is 6.61 Å². The van der Waals surface area contributed by atoms with Crippen LogP contribution in [0.15, 0.2) is 18.2 Å². The summed E-state index contributed by atoms with van der Waals surface area (Å²) in [4.78, 5) is 29.5. The van der Waals surface area contributed by atoms with E-state index in [9.17, 15) is 27.2 Å². The zero-order valence-corrected chi connectivity index (χ0v) is 20.9. The lowest BCUT2D eigenvalue weighted by molar-refractivity contribution is -0.153. The fourth-order valence-corrected chi connectivity index (χ4v) is 6.05. The van der Waals surface area contributed by atoms with Crippen molar-refractivity contribution >= 4 is 12.0 Å². The molecule has 4 aliphatic rings.